The van der Waals surface area contributed by atoms with Gasteiger partial charge in [-0.25, -0.2) is 8.42 Å². The first-order chi connectivity index (χ1) is 19.8. The molecule has 0 aliphatic carbocycles. The summed E-state index contributed by atoms with van der Waals surface area (Å²) in [5.74, 6) is -1.19. The average Bonchev–Trinajstić information content (AvgIpc) is 2.95. The molecule has 0 aromatic heterocycles. The topological polar surface area (TPSA) is 86.8 Å². The van der Waals surface area contributed by atoms with Gasteiger partial charge in [0.05, 0.1) is 21.2 Å². The highest BCUT2D eigenvalue weighted by atomic mass is 35.5. The summed E-state index contributed by atoms with van der Waals surface area (Å²) >= 11 is 5.80. The fourth-order valence-electron chi connectivity index (χ4n) is 4.22. The maximum Gasteiger partial charge on any atom is 0.417 e. The largest absolute Gasteiger partial charge is 0.417 e. The monoisotopic (exact) mass is 623 g/mol. The van der Waals surface area contributed by atoms with Crippen LogP contribution in [0.3, 0.4) is 0 Å². The van der Waals surface area contributed by atoms with Crippen molar-refractivity contribution in [3.8, 4) is 0 Å². The average molecular weight is 624 g/mol. The molecule has 226 valence electrons. The van der Waals surface area contributed by atoms with E-state index in [1.54, 1.807) is 19.1 Å². The predicted octanol–water partition coefficient (Wildman–Crippen LogP) is 5.85. The Bertz CT molecular complexity index is 1480. The first-order valence-corrected chi connectivity index (χ1v) is 15.1. The summed E-state index contributed by atoms with van der Waals surface area (Å²) < 4.78 is 69.5. The Hall–Kier alpha value is -3.57. The molecule has 3 rings (SSSR count). The van der Waals surface area contributed by atoms with Crippen LogP contribution in [-0.4, -0.2) is 50.8 Å². The number of amides is 2. The molecule has 1 atom stereocenters. The number of halogens is 4. The molecule has 0 heterocycles. The number of nitrogens with zero attached hydrogens (tertiary/aromatic N) is 2. The van der Waals surface area contributed by atoms with E-state index in [9.17, 15) is 31.2 Å². The molecule has 2 amide bonds. The van der Waals surface area contributed by atoms with Gasteiger partial charge in [0, 0.05) is 13.1 Å². The van der Waals surface area contributed by atoms with Gasteiger partial charge in [-0.2, -0.15) is 13.2 Å². The SMILES string of the molecule is CCCNC(=O)C(C)N(CCc1ccccc1)C(=O)CN(c1ccc(Cl)c(C(F)(F)F)c1)S(=O)(=O)c1ccc(C)cc1. The van der Waals surface area contributed by atoms with Crippen molar-refractivity contribution in [2.45, 2.75) is 50.7 Å². The lowest BCUT2D eigenvalue weighted by molar-refractivity contribution is -0.138. The van der Waals surface area contributed by atoms with Crippen LogP contribution in [-0.2, 0) is 32.2 Å². The quantitative estimate of drug-likeness (QED) is 0.274. The molecule has 3 aromatic rings. The van der Waals surface area contributed by atoms with E-state index in [2.05, 4.69) is 5.32 Å². The van der Waals surface area contributed by atoms with Gasteiger partial charge in [-0.05, 0) is 62.6 Å². The number of nitrogens with one attached hydrogen (secondary N) is 1. The molecule has 0 aliphatic heterocycles. The third-order valence-electron chi connectivity index (χ3n) is 6.63. The van der Waals surface area contributed by atoms with Crippen LogP contribution in [0.5, 0.6) is 0 Å². The zero-order valence-corrected chi connectivity index (χ0v) is 25.1. The maximum atomic E-state index is 13.8. The van der Waals surface area contributed by atoms with Crippen molar-refractivity contribution in [2.24, 2.45) is 0 Å². The van der Waals surface area contributed by atoms with Crippen LogP contribution < -0.4 is 9.62 Å². The number of rotatable bonds is 12. The lowest BCUT2D eigenvalue weighted by Gasteiger charge is -2.32. The van der Waals surface area contributed by atoms with E-state index in [0.717, 1.165) is 23.3 Å². The minimum Gasteiger partial charge on any atom is -0.354 e. The third-order valence-corrected chi connectivity index (χ3v) is 8.75. The fourth-order valence-corrected chi connectivity index (χ4v) is 5.85. The smallest absolute Gasteiger partial charge is 0.354 e. The van der Waals surface area contributed by atoms with Crippen LogP contribution in [0.2, 0.25) is 5.02 Å². The van der Waals surface area contributed by atoms with Gasteiger partial charge >= 0.3 is 6.18 Å². The Morgan fingerprint density at radius 1 is 1.00 bits per heavy atom. The van der Waals surface area contributed by atoms with Crippen molar-refractivity contribution in [2.75, 3.05) is 23.9 Å². The normalized spacial score (nSPS) is 12.5. The van der Waals surface area contributed by atoms with Crippen molar-refractivity contribution in [1.29, 1.82) is 0 Å². The molecule has 0 bridgehead atoms. The van der Waals surface area contributed by atoms with Gasteiger partial charge in [0.25, 0.3) is 10.0 Å². The highest BCUT2D eigenvalue weighted by Gasteiger charge is 2.36. The minimum absolute atomic E-state index is 0.0659. The number of sulfonamides is 1. The first-order valence-electron chi connectivity index (χ1n) is 13.3. The van der Waals surface area contributed by atoms with Gasteiger partial charge < -0.3 is 10.2 Å². The molecule has 0 spiro atoms. The number of aryl methyl sites for hydroxylation is 1. The molecule has 42 heavy (non-hydrogen) atoms. The zero-order chi connectivity index (χ0) is 31.1. The second kappa shape index (κ2) is 14.1. The number of alkyl halides is 3. The summed E-state index contributed by atoms with van der Waals surface area (Å²) in [5.41, 5.74) is 0.00719. The van der Waals surface area contributed by atoms with E-state index in [1.807, 2.05) is 37.3 Å². The standard InChI is InChI=1S/C30H33ClF3N3O4S/c1-4-17-35-29(39)22(3)36(18-16-23-8-6-5-7-9-23)28(38)20-37(42(40,41)25-13-10-21(2)11-14-25)24-12-15-27(31)26(19-24)30(32,33)34/h5-15,19,22H,4,16-18,20H2,1-3H3,(H,35,39). The van der Waals surface area contributed by atoms with Crippen LogP contribution in [0.15, 0.2) is 77.7 Å². The molecule has 0 saturated heterocycles. The maximum absolute atomic E-state index is 13.8. The Morgan fingerprint density at radius 3 is 2.24 bits per heavy atom. The van der Waals surface area contributed by atoms with Gasteiger partial charge in [0.1, 0.15) is 12.6 Å². The summed E-state index contributed by atoms with van der Waals surface area (Å²) in [7, 11) is -4.53. The second-order valence-corrected chi connectivity index (χ2v) is 12.0. The molecule has 1 unspecified atom stereocenters. The number of carbonyl (C=O) groups excluding carboxylic acids is 2. The van der Waals surface area contributed by atoms with E-state index < -0.39 is 56.9 Å². The van der Waals surface area contributed by atoms with E-state index in [-0.39, 0.29) is 11.4 Å². The predicted molar refractivity (Wildman–Crippen MR) is 157 cm³/mol. The molecule has 3 aromatic carbocycles. The molecular weight excluding hydrogens is 591 g/mol. The van der Waals surface area contributed by atoms with Crippen molar-refractivity contribution in [3.63, 3.8) is 0 Å². The summed E-state index contributed by atoms with van der Waals surface area (Å²) in [6.07, 6.45) is -3.84. The molecule has 0 radical (unpaired) electrons. The van der Waals surface area contributed by atoms with Crippen LogP contribution in [0, 0.1) is 6.92 Å². The van der Waals surface area contributed by atoms with E-state index >= 15 is 0 Å². The first kappa shape index (κ1) is 32.9. The van der Waals surface area contributed by atoms with Gasteiger partial charge in [0.15, 0.2) is 0 Å². The zero-order valence-electron chi connectivity index (χ0n) is 23.5. The second-order valence-electron chi connectivity index (χ2n) is 9.78. The Labute approximate surface area is 249 Å². The lowest BCUT2D eigenvalue weighted by Crippen LogP contribution is -2.52. The highest BCUT2D eigenvalue weighted by Crippen LogP contribution is 2.38. The summed E-state index contributed by atoms with van der Waals surface area (Å²) in [6.45, 7) is 4.74. The summed E-state index contributed by atoms with van der Waals surface area (Å²) in [4.78, 5) is 27.8. The van der Waals surface area contributed by atoms with E-state index in [0.29, 0.717) is 29.8 Å². The Morgan fingerprint density at radius 2 is 1.64 bits per heavy atom. The summed E-state index contributed by atoms with van der Waals surface area (Å²) in [6, 6.07) is 16.6. The minimum atomic E-state index is -4.87. The molecule has 12 heteroatoms. The molecule has 0 fully saturated rings. The van der Waals surface area contributed by atoms with Crippen LogP contribution >= 0.6 is 11.6 Å². The molecule has 7 nitrogen and oxygen atoms in total. The van der Waals surface area contributed by atoms with E-state index in [4.69, 9.17) is 11.6 Å². The van der Waals surface area contributed by atoms with Gasteiger partial charge in [0.2, 0.25) is 11.8 Å². The van der Waals surface area contributed by atoms with Crippen LogP contribution in [0.1, 0.15) is 37.0 Å². The molecule has 0 aliphatic rings. The van der Waals surface area contributed by atoms with Crippen molar-refractivity contribution >= 4 is 39.1 Å². The fraction of sp³-hybridized carbons (Fsp3) is 0.333. The van der Waals surface area contributed by atoms with Gasteiger partial charge in [-0.15, -0.1) is 0 Å². The number of benzene rings is 3. The van der Waals surface area contributed by atoms with Crippen molar-refractivity contribution < 1.29 is 31.2 Å². The van der Waals surface area contributed by atoms with Gasteiger partial charge in [-0.3, -0.25) is 13.9 Å². The lowest BCUT2D eigenvalue weighted by atomic mass is 10.1. The third kappa shape index (κ3) is 8.25. The van der Waals surface area contributed by atoms with E-state index in [1.165, 1.54) is 24.0 Å². The number of hydrogen-bond donors (Lipinski definition) is 1. The summed E-state index contributed by atoms with van der Waals surface area (Å²) in [5, 5.41) is 2.12. The molecule has 0 saturated carbocycles. The number of carbonyl (C=O) groups is 2. The highest BCUT2D eigenvalue weighted by molar-refractivity contribution is 7.92. The molecule has 1 N–H and O–H groups in total. The number of hydrogen-bond acceptors (Lipinski definition) is 4. The van der Waals surface area contributed by atoms with Crippen LogP contribution in [0.4, 0.5) is 18.9 Å². The number of anilines is 1. The Balaban J connectivity index is 2.06. The Kier molecular flexibility index (Phi) is 11.0. The van der Waals surface area contributed by atoms with Crippen molar-refractivity contribution in [3.05, 3.63) is 94.5 Å². The van der Waals surface area contributed by atoms with Crippen molar-refractivity contribution in [1.82, 2.24) is 10.2 Å². The van der Waals surface area contributed by atoms with Crippen LogP contribution in [0.25, 0.3) is 0 Å². The molecular formula is C30H33ClF3N3O4S. The van der Waals surface area contributed by atoms with Gasteiger partial charge in [-0.1, -0.05) is 66.6 Å².